The van der Waals surface area contributed by atoms with Crippen LogP contribution in [0.4, 0.5) is 4.53 Å². The molecule has 1 saturated heterocycles. The number of ether oxygens (including phenoxy) is 1. The molecule has 0 aromatic carbocycles. The first-order valence-electron chi connectivity index (χ1n) is 4.22. The maximum absolute atomic E-state index is 11.8. The molecule has 12 heavy (non-hydrogen) atoms. The van der Waals surface area contributed by atoms with Crippen LogP contribution in [-0.4, -0.2) is 37.4 Å². The third-order valence-corrected chi connectivity index (χ3v) is 2.28. The van der Waals surface area contributed by atoms with Gasteiger partial charge < -0.3 is 9.64 Å². The Morgan fingerprint density at radius 2 is 2.08 bits per heavy atom. The van der Waals surface area contributed by atoms with Crippen LogP contribution in [0.15, 0.2) is 0 Å². The summed E-state index contributed by atoms with van der Waals surface area (Å²) in [6, 6.07) is 0.356. The summed E-state index contributed by atoms with van der Waals surface area (Å²) in [6.45, 7) is 1.93. The molecule has 1 heterocycles. The molecule has 3 nitrogen and oxygen atoms in total. The maximum atomic E-state index is 11.8. The summed E-state index contributed by atoms with van der Waals surface area (Å²) >= 11 is 0. The molecule has 0 aromatic rings. The van der Waals surface area contributed by atoms with Crippen molar-refractivity contribution in [1.29, 1.82) is 0 Å². The fourth-order valence-corrected chi connectivity index (χ4v) is 1.55. The molecule has 0 saturated carbocycles. The highest BCUT2D eigenvalue weighted by molar-refractivity contribution is 4.76. The smallest absolute Gasteiger partial charge is 0.198 e. The van der Waals surface area contributed by atoms with E-state index >= 15 is 0 Å². The van der Waals surface area contributed by atoms with Crippen LogP contribution in [0.5, 0.6) is 0 Å². The van der Waals surface area contributed by atoms with E-state index in [1.54, 1.807) is 0 Å². The predicted octanol–water partition coefficient (Wildman–Crippen LogP) is 1.34. The van der Waals surface area contributed by atoms with Gasteiger partial charge in [-0.3, -0.25) is 0 Å². The molecule has 0 spiro atoms. The van der Waals surface area contributed by atoms with E-state index in [0.717, 1.165) is 6.42 Å². The Morgan fingerprint density at radius 1 is 1.42 bits per heavy atom. The SMILES string of the molecule is CC1C[C@H](N(C)C)CC(OF)O1. The average Bonchev–Trinajstić information content (AvgIpc) is 2.03. The van der Waals surface area contributed by atoms with E-state index in [1.165, 1.54) is 0 Å². The minimum atomic E-state index is -0.679. The van der Waals surface area contributed by atoms with Crippen LogP contribution < -0.4 is 0 Å². The van der Waals surface area contributed by atoms with Crippen LogP contribution in [0, 0.1) is 0 Å². The molecule has 0 amide bonds. The molecule has 0 bridgehead atoms. The van der Waals surface area contributed by atoms with Crippen molar-refractivity contribution in [3.05, 3.63) is 0 Å². The van der Waals surface area contributed by atoms with Gasteiger partial charge in [0.05, 0.1) is 6.10 Å². The quantitative estimate of drug-likeness (QED) is 0.635. The van der Waals surface area contributed by atoms with E-state index < -0.39 is 6.29 Å². The molecule has 1 rings (SSSR count). The van der Waals surface area contributed by atoms with Crippen molar-refractivity contribution < 1.29 is 14.2 Å². The first-order valence-corrected chi connectivity index (χ1v) is 4.22. The Hall–Kier alpha value is -0.190. The van der Waals surface area contributed by atoms with Gasteiger partial charge in [0, 0.05) is 12.5 Å². The second kappa shape index (κ2) is 4.16. The molecular weight excluding hydrogens is 161 g/mol. The second-order valence-electron chi connectivity index (χ2n) is 3.55. The van der Waals surface area contributed by atoms with E-state index in [9.17, 15) is 4.53 Å². The minimum Gasteiger partial charge on any atom is -0.346 e. The van der Waals surface area contributed by atoms with Gasteiger partial charge in [0.1, 0.15) is 0 Å². The van der Waals surface area contributed by atoms with Gasteiger partial charge >= 0.3 is 0 Å². The Labute approximate surface area is 72.3 Å². The van der Waals surface area contributed by atoms with Gasteiger partial charge in [0.15, 0.2) is 6.29 Å². The number of hydrogen-bond acceptors (Lipinski definition) is 3. The molecule has 1 aliphatic rings. The summed E-state index contributed by atoms with van der Waals surface area (Å²) in [6.07, 6.45) is 0.939. The van der Waals surface area contributed by atoms with E-state index in [2.05, 4.69) is 9.84 Å². The van der Waals surface area contributed by atoms with E-state index in [1.807, 2.05) is 21.0 Å². The average molecular weight is 177 g/mol. The molecule has 72 valence electrons. The fraction of sp³-hybridized carbons (Fsp3) is 1.00. The molecule has 4 heteroatoms. The number of halogens is 1. The summed E-state index contributed by atoms with van der Waals surface area (Å²) in [5, 5.41) is 0. The van der Waals surface area contributed by atoms with Crippen LogP contribution in [0.2, 0.25) is 0 Å². The highest BCUT2D eigenvalue weighted by atomic mass is 19.3. The van der Waals surface area contributed by atoms with Crippen LogP contribution in [0.1, 0.15) is 19.8 Å². The van der Waals surface area contributed by atoms with Gasteiger partial charge in [-0.2, -0.15) is 4.94 Å². The lowest BCUT2D eigenvalue weighted by Gasteiger charge is -2.34. The van der Waals surface area contributed by atoms with E-state index in [4.69, 9.17) is 4.74 Å². The van der Waals surface area contributed by atoms with Gasteiger partial charge in [-0.25, -0.2) is 0 Å². The predicted molar refractivity (Wildman–Crippen MR) is 43.2 cm³/mol. The van der Waals surface area contributed by atoms with E-state index in [0.29, 0.717) is 12.5 Å². The molecule has 0 aliphatic carbocycles. The van der Waals surface area contributed by atoms with Crippen molar-refractivity contribution in [2.24, 2.45) is 0 Å². The number of rotatable bonds is 2. The molecule has 1 fully saturated rings. The van der Waals surface area contributed by atoms with Crippen molar-refractivity contribution >= 4 is 0 Å². The van der Waals surface area contributed by atoms with Gasteiger partial charge in [-0.15, -0.1) is 0 Å². The number of hydrogen-bond donors (Lipinski definition) is 0. The van der Waals surface area contributed by atoms with Crippen molar-refractivity contribution in [2.45, 2.75) is 38.2 Å². The fourth-order valence-electron chi connectivity index (χ4n) is 1.55. The highest BCUT2D eigenvalue weighted by Gasteiger charge is 2.29. The zero-order valence-electron chi connectivity index (χ0n) is 7.79. The van der Waals surface area contributed by atoms with Crippen LogP contribution in [0.3, 0.4) is 0 Å². The Kier molecular flexibility index (Phi) is 3.43. The van der Waals surface area contributed by atoms with Crippen molar-refractivity contribution in [3.8, 4) is 0 Å². The van der Waals surface area contributed by atoms with Gasteiger partial charge in [0.2, 0.25) is 0 Å². The summed E-state index contributed by atoms with van der Waals surface area (Å²) in [5.41, 5.74) is 0. The monoisotopic (exact) mass is 177 g/mol. The zero-order valence-corrected chi connectivity index (χ0v) is 7.79. The molecule has 0 aromatic heterocycles. The third-order valence-electron chi connectivity index (χ3n) is 2.28. The largest absolute Gasteiger partial charge is 0.346 e. The molecular formula is C8H16FNO2. The minimum absolute atomic E-state index is 0.0758. The summed E-state index contributed by atoms with van der Waals surface area (Å²) < 4.78 is 17.0. The second-order valence-corrected chi connectivity index (χ2v) is 3.55. The van der Waals surface area contributed by atoms with Gasteiger partial charge in [0.25, 0.3) is 0 Å². The van der Waals surface area contributed by atoms with Crippen molar-refractivity contribution in [3.63, 3.8) is 0 Å². The molecule has 3 atom stereocenters. The highest BCUT2D eigenvalue weighted by Crippen LogP contribution is 2.22. The van der Waals surface area contributed by atoms with Crippen LogP contribution >= 0.6 is 0 Å². The van der Waals surface area contributed by atoms with Crippen molar-refractivity contribution in [1.82, 2.24) is 4.90 Å². The first-order chi connectivity index (χ1) is 5.63. The Balaban J connectivity index is 2.45. The maximum Gasteiger partial charge on any atom is 0.198 e. The molecule has 1 aliphatic heterocycles. The van der Waals surface area contributed by atoms with Gasteiger partial charge in [-0.1, -0.05) is 0 Å². The lowest BCUT2D eigenvalue weighted by Crippen LogP contribution is -2.41. The number of nitrogens with zero attached hydrogens (tertiary/aromatic N) is 1. The first kappa shape index (κ1) is 9.89. The lowest BCUT2D eigenvalue weighted by molar-refractivity contribution is -0.304. The zero-order chi connectivity index (χ0) is 9.14. The van der Waals surface area contributed by atoms with Crippen LogP contribution in [0.25, 0.3) is 0 Å². The van der Waals surface area contributed by atoms with Crippen molar-refractivity contribution in [2.75, 3.05) is 14.1 Å². The topological polar surface area (TPSA) is 21.7 Å². The Morgan fingerprint density at radius 3 is 2.58 bits per heavy atom. The Bertz CT molecular complexity index is 143. The summed E-state index contributed by atoms with van der Waals surface area (Å²) in [5.74, 6) is 0. The normalized spacial score (nSPS) is 37.2. The summed E-state index contributed by atoms with van der Waals surface area (Å²) in [4.78, 5) is 5.77. The third kappa shape index (κ3) is 2.40. The molecule has 0 radical (unpaired) electrons. The van der Waals surface area contributed by atoms with Crippen LogP contribution in [-0.2, 0) is 9.68 Å². The molecule has 0 N–H and O–H groups in total. The van der Waals surface area contributed by atoms with Gasteiger partial charge in [-0.05, 0) is 32.0 Å². The molecule has 2 unspecified atom stereocenters. The standard InChI is InChI=1S/C8H16FNO2/c1-6-4-7(10(2)3)5-8(11-6)12-9/h6-8H,4-5H2,1-3H3/t6?,7-,8?/m0/s1. The lowest BCUT2D eigenvalue weighted by atomic mass is 10.0. The summed E-state index contributed by atoms with van der Waals surface area (Å²) in [7, 11) is 3.97. The van der Waals surface area contributed by atoms with E-state index in [-0.39, 0.29) is 6.10 Å².